The maximum absolute atomic E-state index is 5.71. The summed E-state index contributed by atoms with van der Waals surface area (Å²) in [6.07, 6.45) is 1.91. The molecule has 0 spiro atoms. The molecule has 5 heteroatoms. The monoisotopic (exact) mass is 280 g/mol. The lowest BCUT2D eigenvalue weighted by molar-refractivity contribution is 0.354. The molecule has 0 aliphatic rings. The number of hydrogen-bond acceptors (Lipinski definition) is 4. The van der Waals surface area contributed by atoms with Gasteiger partial charge < -0.3 is 10.5 Å². The third-order valence-electron chi connectivity index (χ3n) is 3.04. The second-order valence-corrected chi connectivity index (χ2v) is 4.96. The molecule has 5 nitrogen and oxygen atoms in total. The van der Waals surface area contributed by atoms with Crippen molar-refractivity contribution in [2.24, 2.45) is 0 Å². The van der Waals surface area contributed by atoms with Crippen LogP contribution in [0.3, 0.4) is 0 Å². The van der Waals surface area contributed by atoms with Crippen molar-refractivity contribution in [3.63, 3.8) is 0 Å². The number of nitrogens with zero attached hydrogens (tertiary/aromatic N) is 3. The Labute approximate surface area is 122 Å². The van der Waals surface area contributed by atoms with Crippen LogP contribution in [0.4, 0.5) is 5.69 Å². The van der Waals surface area contributed by atoms with Gasteiger partial charge in [-0.15, -0.1) is 10.2 Å². The van der Waals surface area contributed by atoms with Gasteiger partial charge in [0.15, 0.2) is 11.6 Å². The number of anilines is 1. The van der Waals surface area contributed by atoms with Crippen molar-refractivity contribution in [3.8, 4) is 17.1 Å². The topological polar surface area (TPSA) is 65.4 Å². The van der Waals surface area contributed by atoms with E-state index in [2.05, 4.69) is 16.8 Å². The Hall–Kier alpha value is -2.82. The molecule has 2 N–H and O–H groups in total. The number of hydrogen-bond donors (Lipinski definition) is 1. The van der Waals surface area contributed by atoms with Gasteiger partial charge >= 0.3 is 0 Å². The van der Waals surface area contributed by atoms with Gasteiger partial charge in [0.2, 0.25) is 5.65 Å². The van der Waals surface area contributed by atoms with Crippen molar-refractivity contribution in [1.29, 1.82) is 0 Å². The number of nitrogen functional groups attached to an aromatic ring is 1. The van der Waals surface area contributed by atoms with E-state index in [1.165, 1.54) is 0 Å². The summed E-state index contributed by atoms with van der Waals surface area (Å²) in [5.74, 6) is 1.44. The molecule has 0 radical (unpaired) electrons. The number of ether oxygens (including phenoxy) is 1. The maximum Gasteiger partial charge on any atom is 0.203 e. The van der Waals surface area contributed by atoms with Gasteiger partial charge in [-0.05, 0) is 48.9 Å². The first-order chi connectivity index (χ1) is 10.1. The number of rotatable bonds is 4. The second kappa shape index (κ2) is 5.28. The summed E-state index contributed by atoms with van der Waals surface area (Å²) < 4.78 is 7.61. The number of pyridine rings is 1. The zero-order valence-electron chi connectivity index (χ0n) is 11.8. The molecule has 3 rings (SSSR count). The van der Waals surface area contributed by atoms with Crippen LogP contribution in [0.15, 0.2) is 54.7 Å². The third-order valence-corrected chi connectivity index (χ3v) is 3.04. The zero-order chi connectivity index (χ0) is 14.8. The first kappa shape index (κ1) is 13.2. The molecule has 3 aromatic rings. The smallest absolute Gasteiger partial charge is 0.203 e. The van der Waals surface area contributed by atoms with Gasteiger partial charge in [-0.3, -0.25) is 4.40 Å². The third kappa shape index (κ3) is 2.58. The van der Waals surface area contributed by atoms with E-state index >= 15 is 0 Å². The molecule has 2 aromatic heterocycles. The van der Waals surface area contributed by atoms with Crippen molar-refractivity contribution in [2.45, 2.75) is 6.92 Å². The van der Waals surface area contributed by atoms with Crippen molar-refractivity contribution >= 4 is 11.3 Å². The van der Waals surface area contributed by atoms with E-state index in [4.69, 9.17) is 10.5 Å². The predicted molar refractivity (Wildman–Crippen MR) is 83.1 cm³/mol. The highest BCUT2D eigenvalue weighted by molar-refractivity contribution is 5.64. The van der Waals surface area contributed by atoms with E-state index in [-0.39, 0.29) is 0 Å². The average Bonchev–Trinajstić information content (AvgIpc) is 2.90. The Balaban J connectivity index is 2.04. The Morgan fingerprint density at radius 2 is 2.00 bits per heavy atom. The largest absolute Gasteiger partial charge is 0.485 e. The van der Waals surface area contributed by atoms with Gasteiger partial charge in [0.25, 0.3) is 0 Å². The summed E-state index contributed by atoms with van der Waals surface area (Å²) in [6.45, 7) is 6.21. The molecule has 0 aliphatic carbocycles. The fourth-order valence-corrected chi connectivity index (χ4v) is 2.03. The quantitative estimate of drug-likeness (QED) is 0.589. The Morgan fingerprint density at radius 1 is 1.24 bits per heavy atom. The molecule has 0 unspecified atom stereocenters. The molecule has 21 heavy (non-hydrogen) atoms. The van der Waals surface area contributed by atoms with Crippen LogP contribution in [0.1, 0.15) is 6.92 Å². The highest BCUT2D eigenvalue weighted by Crippen LogP contribution is 2.24. The van der Waals surface area contributed by atoms with Gasteiger partial charge in [0, 0.05) is 17.4 Å². The van der Waals surface area contributed by atoms with Crippen LogP contribution in [0.5, 0.6) is 5.75 Å². The molecule has 1 aromatic carbocycles. The van der Waals surface area contributed by atoms with E-state index in [0.717, 1.165) is 22.6 Å². The van der Waals surface area contributed by atoms with Crippen LogP contribution in [0.25, 0.3) is 17.0 Å². The van der Waals surface area contributed by atoms with Gasteiger partial charge in [-0.2, -0.15) is 0 Å². The molecule has 0 bridgehead atoms. The average molecular weight is 280 g/mol. The van der Waals surface area contributed by atoms with Gasteiger partial charge in [0.05, 0.1) is 0 Å². The molecular weight excluding hydrogens is 264 g/mol. The van der Waals surface area contributed by atoms with Crippen LogP contribution in [0, 0.1) is 0 Å². The summed E-state index contributed by atoms with van der Waals surface area (Å²) in [5, 5.41) is 8.48. The molecule has 0 saturated carbocycles. The maximum atomic E-state index is 5.71. The SMILES string of the molecule is C=C(C)COc1cccn2c(-c3ccc(N)cc3)nnc12. The Bertz CT molecular complexity index is 790. The fraction of sp³-hybridized carbons (Fsp3) is 0.125. The Kier molecular flexibility index (Phi) is 3.31. The first-order valence-corrected chi connectivity index (χ1v) is 6.62. The predicted octanol–water partition coefficient (Wildman–Crippen LogP) is 2.93. The Morgan fingerprint density at radius 3 is 2.71 bits per heavy atom. The van der Waals surface area contributed by atoms with Crippen molar-refractivity contribution < 1.29 is 4.74 Å². The van der Waals surface area contributed by atoms with E-state index in [1.807, 2.05) is 53.9 Å². The number of benzene rings is 1. The van der Waals surface area contributed by atoms with E-state index in [1.54, 1.807) is 0 Å². The van der Waals surface area contributed by atoms with Crippen molar-refractivity contribution in [2.75, 3.05) is 12.3 Å². The van der Waals surface area contributed by atoms with Crippen molar-refractivity contribution in [3.05, 3.63) is 54.7 Å². The second-order valence-electron chi connectivity index (χ2n) is 4.96. The number of aromatic nitrogens is 3. The molecule has 0 saturated heterocycles. The number of nitrogens with two attached hydrogens (primary N) is 1. The van der Waals surface area contributed by atoms with E-state index in [0.29, 0.717) is 18.0 Å². The lowest BCUT2D eigenvalue weighted by atomic mass is 10.2. The molecule has 0 atom stereocenters. The zero-order valence-corrected chi connectivity index (χ0v) is 11.8. The minimum Gasteiger partial charge on any atom is -0.485 e. The summed E-state index contributed by atoms with van der Waals surface area (Å²) in [4.78, 5) is 0. The van der Waals surface area contributed by atoms with E-state index < -0.39 is 0 Å². The highest BCUT2D eigenvalue weighted by Gasteiger charge is 2.11. The first-order valence-electron chi connectivity index (χ1n) is 6.62. The van der Waals surface area contributed by atoms with Gasteiger partial charge in [-0.1, -0.05) is 6.58 Å². The van der Waals surface area contributed by atoms with Gasteiger partial charge in [0.1, 0.15) is 6.61 Å². The van der Waals surface area contributed by atoms with E-state index in [9.17, 15) is 0 Å². The summed E-state index contributed by atoms with van der Waals surface area (Å²) in [5.41, 5.74) is 9.03. The number of fused-ring (bicyclic) bond motifs is 1. The normalized spacial score (nSPS) is 10.7. The van der Waals surface area contributed by atoms with Crippen LogP contribution in [-0.4, -0.2) is 21.2 Å². The molecule has 0 fully saturated rings. The summed E-state index contributed by atoms with van der Waals surface area (Å²) in [7, 11) is 0. The highest BCUT2D eigenvalue weighted by atomic mass is 16.5. The molecule has 0 aliphatic heterocycles. The van der Waals surface area contributed by atoms with Crippen LogP contribution < -0.4 is 10.5 Å². The van der Waals surface area contributed by atoms with Crippen molar-refractivity contribution in [1.82, 2.24) is 14.6 Å². The standard InChI is InChI=1S/C16H16N4O/c1-11(2)10-21-14-4-3-9-20-15(18-19-16(14)20)12-5-7-13(17)8-6-12/h3-9H,1,10,17H2,2H3. The minimum atomic E-state index is 0.462. The van der Waals surface area contributed by atoms with Crippen LogP contribution >= 0.6 is 0 Å². The summed E-state index contributed by atoms with van der Waals surface area (Å²) in [6, 6.07) is 11.3. The lowest BCUT2D eigenvalue weighted by Crippen LogP contribution is -2.00. The molecular formula is C16H16N4O. The molecule has 0 amide bonds. The molecule has 106 valence electrons. The molecule has 2 heterocycles. The minimum absolute atomic E-state index is 0.462. The van der Waals surface area contributed by atoms with Crippen LogP contribution in [0.2, 0.25) is 0 Å². The van der Waals surface area contributed by atoms with Crippen LogP contribution in [-0.2, 0) is 0 Å². The lowest BCUT2D eigenvalue weighted by Gasteiger charge is -2.07. The summed E-state index contributed by atoms with van der Waals surface area (Å²) >= 11 is 0. The fourth-order valence-electron chi connectivity index (χ4n) is 2.03. The van der Waals surface area contributed by atoms with Gasteiger partial charge in [-0.25, -0.2) is 0 Å².